The molecule has 1 fully saturated rings. The summed E-state index contributed by atoms with van der Waals surface area (Å²) < 4.78 is 25.3. The van der Waals surface area contributed by atoms with Gasteiger partial charge in [0.25, 0.3) is 0 Å². The third-order valence-corrected chi connectivity index (χ3v) is 9.71. The summed E-state index contributed by atoms with van der Waals surface area (Å²) in [5.74, 6) is 1.33. The van der Waals surface area contributed by atoms with Crippen molar-refractivity contribution in [3.8, 4) is 5.75 Å². The Morgan fingerprint density at radius 1 is 0.902 bits per heavy atom. The highest BCUT2D eigenvalue weighted by molar-refractivity contribution is 8.00. The second kappa shape index (κ2) is 18.4. The van der Waals surface area contributed by atoms with E-state index in [0.717, 1.165) is 99.7 Å². The van der Waals surface area contributed by atoms with Gasteiger partial charge in [-0.1, -0.05) is 89.7 Å². The van der Waals surface area contributed by atoms with Crippen molar-refractivity contribution in [2.45, 2.75) is 115 Å². The molecule has 4 nitrogen and oxygen atoms in total. The molecule has 4 atom stereocenters. The number of rotatable bonds is 18. The maximum absolute atomic E-state index is 6.87. The van der Waals surface area contributed by atoms with Crippen molar-refractivity contribution >= 4 is 23.4 Å². The third kappa shape index (κ3) is 10.5. The van der Waals surface area contributed by atoms with Crippen LogP contribution in [0.3, 0.4) is 0 Å². The van der Waals surface area contributed by atoms with Gasteiger partial charge in [0.2, 0.25) is 0 Å². The summed E-state index contributed by atoms with van der Waals surface area (Å²) in [7, 11) is 1.74. The lowest BCUT2D eigenvalue weighted by Gasteiger charge is -2.42. The standard InChI is InChI=1S/C35H53ClO4S/c1-7-10-17-38-24-29-22-33(39-18-11-8-2)34(40-19-12-9-3)35(41-29)30-21-28(31(36)23-32(30)37-6)20-26-13-15-27(16-14-26)25(4)5/h13-16,21,23,25,29,33-35H,7-12,17-20,22,24H2,1-6H3/t29-,33-,34?,35-/m0/s1. The molecule has 230 valence electrons. The van der Waals surface area contributed by atoms with Crippen LogP contribution in [0.2, 0.25) is 5.02 Å². The Kier molecular flexibility index (Phi) is 15.4. The van der Waals surface area contributed by atoms with E-state index in [1.54, 1.807) is 7.11 Å². The van der Waals surface area contributed by atoms with Crippen molar-refractivity contribution < 1.29 is 18.9 Å². The summed E-state index contributed by atoms with van der Waals surface area (Å²) in [4.78, 5) is 0. The van der Waals surface area contributed by atoms with Gasteiger partial charge in [0, 0.05) is 35.7 Å². The van der Waals surface area contributed by atoms with Crippen molar-refractivity contribution in [2.75, 3.05) is 33.5 Å². The number of methoxy groups -OCH3 is 1. The smallest absolute Gasteiger partial charge is 0.124 e. The summed E-state index contributed by atoms with van der Waals surface area (Å²) in [6, 6.07) is 13.2. The highest BCUT2D eigenvalue weighted by Gasteiger charge is 2.42. The molecule has 6 heteroatoms. The van der Waals surface area contributed by atoms with E-state index in [9.17, 15) is 0 Å². The fourth-order valence-electron chi connectivity index (χ4n) is 5.24. The van der Waals surface area contributed by atoms with E-state index in [1.165, 1.54) is 11.1 Å². The predicted octanol–water partition coefficient (Wildman–Crippen LogP) is 9.80. The van der Waals surface area contributed by atoms with Crippen LogP contribution in [0.1, 0.15) is 113 Å². The second-order valence-electron chi connectivity index (χ2n) is 11.6. The van der Waals surface area contributed by atoms with Gasteiger partial charge >= 0.3 is 0 Å². The summed E-state index contributed by atoms with van der Waals surface area (Å²) >= 11 is 8.82. The monoisotopic (exact) mass is 604 g/mol. The lowest BCUT2D eigenvalue weighted by Crippen LogP contribution is -2.44. The lowest BCUT2D eigenvalue weighted by atomic mass is 9.94. The fourth-order valence-corrected chi connectivity index (χ4v) is 7.09. The van der Waals surface area contributed by atoms with Crippen molar-refractivity contribution in [1.82, 2.24) is 0 Å². The van der Waals surface area contributed by atoms with Crippen LogP contribution in [-0.2, 0) is 20.6 Å². The maximum Gasteiger partial charge on any atom is 0.124 e. The van der Waals surface area contributed by atoms with E-state index in [2.05, 4.69) is 65.0 Å². The minimum Gasteiger partial charge on any atom is -0.496 e. The van der Waals surface area contributed by atoms with E-state index in [1.807, 2.05) is 17.8 Å². The van der Waals surface area contributed by atoms with Crippen LogP contribution in [-0.4, -0.2) is 51.0 Å². The molecule has 0 spiro atoms. The van der Waals surface area contributed by atoms with E-state index in [-0.39, 0.29) is 17.5 Å². The molecule has 1 heterocycles. The van der Waals surface area contributed by atoms with Crippen molar-refractivity contribution in [3.05, 3.63) is 63.7 Å². The molecule has 1 aliphatic rings. The molecule has 0 saturated carbocycles. The Morgan fingerprint density at radius 2 is 1.56 bits per heavy atom. The predicted molar refractivity (Wildman–Crippen MR) is 175 cm³/mol. The lowest BCUT2D eigenvalue weighted by molar-refractivity contribution is -0.0842. The molecule has 0 bridgehead atoms. The summed E-state index contributed by atoms with van der Waals surface area (Å²) in [6.45, 7) is 14.1. The summed E-state index contributed by atoms with van der Waals surface area (Å²) in [6.07, 6.45) is 8.18. The van der Waals surface area contributed by atoms with Crippen LogP contribution in [0, 0.1) is 0 Å². The van der Waals surface area contributed by atoms with Gasteiger partial charge in [0.05, 0.1) is 31.2 Å². The van der Waals surface area contributed by atoms with Gasteiger partial charge in [-0.25, -0.2) is 0 Å². The van der Waals surface area contributed by atoms with Gasteiger partial charge in [-0.15, -0.1) is 11.8 Å². The number of hydrogen-bond donors (Lipinski definition) is 0. The van der Waals surface area contributed by atoms with Gasteiger partial charge in [0.15, 0.2) is 0 Å². The second-order valence-corrected chi connectivity index (χ2v) is 13.4. The molecule has 2 aromatic carbocycles. The number of ether oxygens (including phenoxy) is 4. The fraction of sp³-hybridized carbons (Fsp3) is 0.657. The molecule has 0 aromatic heterocycles. The van der Waals surface area contributed by atoms with E-state index in [4.69, 9.17) is 30.5 Å². The zero-order valence-corrected chi connectivity index (χ0v) is 27.8. The normalized spacial score (nSPS) is 21.0. The molecule has 0 N–H and O–H groups in total. The number of thioether (sulfide) groups is 1. The van der Waals surface area contributed by atoms with Crippen molar-refractivity contribution in [2.24, 2.45) is 0 Å². The quantitative estimate of drug-likeness (QED) is 0.158. The third-order valence-electron chi connectivity index (χ3n) is 7.83. The molecule has 2 aromatic rings. The molecule has 0 radical (unpaired) electrons. The SMILES string of the molecule is CCCCOC[C@@H]1C[C@H](OCCCC)C(OCCCC)[C@H](c2cc(Cc3ccc(C(C)C)cc3)c(Cl)cc2OC)S1. The van der Waals surface area contributed by atoms with Crippen LogP contribution in [0.4, 0.5) is 0 Å². The van der Waals surface area contributed by atoms with Crippen LogP contribution in [0.25, 0.3) is 0 Å². The first-order valence-corrected chi connectivity index (χ1v) is 17.1. The van der Waals surface area contributed by atoms with E-state index < -0.39 is 0 Å². The number of benzene rings is 2. The summed E-state index contributed by atoms with van der Waals surface area (Å²) in [5, 5.41) is 1.11. The summed E-state index contributed by atoms with van der Waals surface area (Å²) in [5.41, 5.74) is 4.85. The zero-order valence-electron chi connectivity index (χ0n) is 26.3. The van der Waals surface area contributed by atoms with Gasteiger partial charge in [-0.05, 0) is 66.8 Å². The Bertz CT molecular complexity index is 1010. The molecule has 1 aliphatic heterocycles. The molecule has 0 amide bonds. The average Bonchev–Trinajstić information content (AvgIpc) is 2.97. The topological polar surface area (TPSA) is 36.9 Å². The Morgan fingerprint density at radius 3 is 2.20 bits per heavy atom. The van der Waals surface area contributed by atoms with Gasteiger partial charge in [-0.2, -0.15) is 0 Å². The van der Waals surface area contributed by atoms with Gasteiger partial charge in [-0.3, -0.25) is 0 Å². The van der Waals surface area contributed by atoms with Crippen molar-refractivity contribution in [1.29, 1.82) is 0 Å². The minimum atomic E-state index is -0.0662. The van der Waals surface area contributed by atoms with Crippen molar-refractivity contribution in [3.63, 3.8) is 0 Å². The highest BCUT2D eigenvalue weighted by atomic mass is 35.5. The average molecular weight is 605 g/mol. The first-order valence-electron chi connectivity index (χ1n) is 15.8. The first-order chi connectivity index (χ1) is 19.9. The van der Waals surface area contributed by atoms with Crippen LogP contribution >= 0.6 is 23.4 Å². The first kappa shape index (κ1) is 34.3. The zero-order chi connectivity index (χ0) is 29.6. The molecule has 0 aliphatic carbocycles. The Hall–Kier alpha value is -1.24. The largest absolute Gasteiger partial charge is 0.496 e. The molecule has 1 unspecified atom stereocenters. The number of hydrogen-bond acceptors (Lipinski definition) is 5. The molecule has 3 rings (SSSR count). The maximum atomic E-state index is 6.87. The van der Waals surface area contributed by atoms with Crippen LogP contribution in [0.15, 0.2) is 36.4 Å². The Labute approximate surface area is 259 Å². The molecular weight excluding hydrogens is 552 g/mol. The molecule has 1 saturated heterocycles. The Balaban J connectivity index is 1.96. The number of halogens is 1. The number of unbranched alkanes of at least 4 members (excludes halogenated alkanes) is 3. The van der Waals surface area contributed by atoms with Gasteiger partial charge < -0.3 is 18.9 Å². The molecular formula is C35H53ClO4S. The van der Waals surface area contributed by atoms with Crippen LogP contribution < -0.4 is 4.74 Å². The minimum absolute atomic E-state index is 0.0110. The van der Waals surface area contributed by atoms with E-state index >= 15 is 0 Å². The molecule has 41 heavy (non-hydrogen) atoms. The van der Waals surface area contributed by atoms with Gasteiger partial charge in [0.1, 0.15) is 5.75 Å². The van der Waals surface area contributed by atoms with E-state index in [0.29, 0.717) is 11.2 Å². The van der Waals surface area contributed by atoms with Crippen LogP contribution in [0.5, 0.6) is 5.75 Å². The highest BCUT2D eigenvalue weighted by Crippen LogP contribution is 2.49.